The van der Waals surface area contributed by atoms with E-state index in [2.05, 4.69) is 10.6 Å². The molecule has 0 aliphatic carbocycles. The van der Waals surface area contributed by atoms with Crippen LogP contribution < -0.4 is 16.4 Å². The van der Waals surface area contributed by atoms with Crippen molar-refractivity contribution < 1.29 is 15.8 Å². The number of likely N-dealkylation sites (N-methyl/N-ethyl adjacent to an activating group) is 1. The van der Waals surface area contributed by atoms with Crippen LogP contribution in [0.5, 0.6) is 0 Å². The number of nitrogens with one attached hydrogen (secondary N) is 2. The number of rotatable bonds is 7. The second kappa shape index (κ2) is 7.97. The Morgan fingerprint density at radius 1 is 1.48 bits per heavy atom. The van der Waals surface area contributed by atoms with Gasteiger partial charge in [-0.3, -0.25) is 14.4 Å². The summed E-state index contributed by atoms with van der Waals surface area (Å²) >= 11 is 0. The molecule has 0 aromatic heterocycles. The van der Waals surface area contributed by atoms with Crippen molar-refractivity contribution in [3.63, 3.8) is 0 Å². The van der Waals surface area contributed by atoms with Crippen molar-refractivity contribution in [1.82, 2.24) is 15.5 Å². The quantitative estimate of drug-likeness (QED) is 0.573. The maximum absolute atomic E-state index is 12.5. The maximum Gasteiger partial charge on any atom is 0.243 e. The van der Waals surface area contributed by atoms with Gasteiger partial charge in [-0.1, -0.05) is 13.8 Å². The van der Waals surface area contributed by atoms with Crippen molar-refractivity contribution in [2.24, 2.45) is 11.7 Å². The Balaban J connectivity index is 2.83. The summed E-state index contributed by atoms with van der Waals surface area (Å²) < 4.78 is 7.64. The number of hydrogen-bond acceptors (Lipinski definition) is 4. The van der Waals surface area contributed by atoms with Crippen LogP contribution in [0.3, 0.4) is 0 Å². The van der Waals surface area contributed by atoms with E-state index in [9.17, 15) is 14.4 Å². The molecule has 1 saturated heterocycles. The molecule has 7 nitrogen and oxygen atoms in total. The van der Waals surface area contributed by atoms with Gasteiger partial charge in [0.05, 0.1) is 12.6 Å². The molecule has 0 bridgehead atoms. The normalized spacial score (nSPS) is 20.0. The SMILES string of the molecule is [2H]CN(C(=O)[C@@H]1CCCN1)[C@@H](CC(C)C)C(=O)NCC(N)=O. The minimum absolute atomic E-state index is 0.169. The fourth-order valence-corrected chi connectivity index (χ4v) is 2.36. The van der Waals surface area contributed by atoms with Crippen LogP contribution in [0.4, 0.5) is 0 Å². The van der Waals surface area contributed by atoms with Gasteiger partial charge in [0, 0.05) is 8.39 Å². The van der Waals surface area contributed by atoms with Gasteiger partial charge in [0.25, 0.3) is 0 Å². The predicted octanol–water partition coefficient (Wildman–Crippen LogP) is -0.787. The van der Waals surface area contributed by atoms with E-state index in [0.29, 0.717) is 12.8 Å². The molecular weight excluding hydrogens is 272 g/mol. The van der Waals surface area contributed by atoms with Crippen molar-refractivity contribution in [3.05, 3.63) is 0 Å². The molecule has 1 heterocycles. The lowest BCUT2D eigenvalue weighted by Gasteiger charge is -2.30. The summed E-state index contributed by atoms with van der Waals surface area (Å²) in [6.07, 6.45) is 2.06. The smallest absolute Gasteiger partial charge is 0.243 e. The second-order valence-corrected chi connectivity index (χ2v) is 5.79. The molecule has 4 N–H and O–H groups in total. The van der Waals surface area contributed by atoms with Crippen molar-refractivity contribution in [1.29, 1.82) is 0 Å². The third-order valence-electron chi connectivity index (χ3n) is 3.45. The molecule has 0 radical (unpaired) electrons. The van der Waals surface area contributed by atoms with Gasteiger partial charge >= 0.3 is 0 Å². The highest BCUT2D eigenvalue weighted by Crippen LogP contribution is 2.15. The third kappa shape index (κ3) is 5.34. The second-order valence-electron chi connectivity index (χ2n) is 5.79. The monoisotopic (exact) mass is 299 g/mol. The number of amides is 3. The zero-order chi connectivity index (χ0) is 16.7. The van der Waals surface area contributed by atoms with Gasteiger partial charge in [-0.05, 0) is 31.7 Å². The van der Waals surface area contributed by atoms with E-state index in [-0.39, 0.29) is 31.4 Å². The molecule has 2 atom stereocenters. The fraction of sp³-hybridized carbons (Fsp3) is 0.786. The lowest BCUT2D eigenvalue weighted by atomic mass is 10.0. The first-order valence-electron chi connectivity index (χ1n) is 7.96. The average Bonchev–Trinajstić information content (AvgIpc) is 2.97. The number of carbonyl (C=O) groups is 3. The highest BCUT2D eigenvalue weighted by atomic mass is 16.2. The van der Waals surface area contributed by atoms with Crippen LogP contribution in [0.2, 0.25) is 0 Å². The van der Waals surface area contributed by atoms with E-state index in [0.717, 1.165) is 13.0 Å². The summed E-state index contributed by atoms with van der Waals surface area (Å²) in [5, 5.41) is 5.52. The van der Waals surface area contributed by atoms with Crippen LogP contribution in [0.25, 0.3) is 0 Å². The fourth-order valence-electron chi connectivity index (χ4n) is 2.36. The summed E-state index contributed by atoms with van der Waals surface area (Å²) in [6.45, 7) is 4.38. The predicted molar refractivity (Wildman–Crippen MR) is 79.2 cm³/mol. The van der Waals surface area contributed by atoms with Gasteiger partial charge in [0.15, 0.2) is 0 Å². The van der Waals surface area contributed by atoms with Gasteiger partial charge in [-0.25, -0.2) is 0 Å². The minimum Gasteiger partial charge on any atom is -0.368 e. The Morgan fingerprint density at radius 2 is 2.19 bits per heavy atom. The Morgan fingerprint density at radius 3 is 2.67 bits per heavy atom. The molecule has 0 aromatic carbocycles. The molecule has 120 valence electrons. The van der Waals surface area contributed by atoms with Gasteiger partial charge in [-0.2, -0.15) is 0 Å². The number of nitrogens with zero attached hydrogens (tertiary/aromatic N) is 1. The van der Waals surface area contributed by atoms with Gasteiger partial charge in [0.1, 0.15) is 6.04 Å². The lowest BCUT2D eigenvalue weighted by Crippen LogP contribution is -2.53. The number of carbonyl (C=O) groups excluding carboxylic acids is 3. The molecule has 0 unspecified atom stereocenters. The zero-order valence-corrected chi connectivity index (χ0v) is 12.7. The lowest BCUT2D eigenvalue weighted by molar-refractivity contribution is -0.141. The van der Waals surface area contributed by atoms with Crippen molar-refractivity contribution >= 4 is 17.7 Å². The Bertz CT molecular complexity index is 411. The van der Waals surface area contributed by atoms with E-state index in [1.165, 1.54) is 4.90 Å². The molecule has 0 saturated carbocycles. The van der Waals surface area contributed by atoms with Crippen LogP contribution >= 0.6 is 0 Å². The van der Waals surface area contributed by atoms with Gasteiger partial charge < -0.3 is 21.3 Å². The van der Waals surface area contributed by atoms with Crippen molar-refractivity contribution in [2.75, 3.05) is 20.1 Å². The van der Waals surface area contributed by atoms with E-state index in [4.69, 9.17) is 7.10 Å². The molecular formula is C14H26N4O3. The molecule has 1 aliphatic heterocycles. The standard InChI is InChI=1S/C14H26N4O3/c1-9(2)7-11(13(20)17-8-12(15)19)18(3)14(21)10-5-4-6-16-10/h9-11,16H,4-8H2,1-3H3,(H2,15,19)(H,17,20)/t10-,11-/m0/s1/i3D. The van der Waals surface area contributed by atoms with Crippen molar-refractivity contribution in [2.45, 2.75) is 45.2 Å². The third-order valence-corrected chi connectivity index (χ3v) is 3.45. The van der Waals surface area contributed by atoms with Crippen LogP contribution in [0.15, 0.2) is 0 Å². The molecule has 0 aromatic rings. The highest BCUT2D eigenvalue weighted by Gasteiger charge is 2.32. The van der Waals surface area contributed by atoms with Crippen LogP contribution in [-0.4, -0.2) is 54.8 Å². The Kier molecular flexibility index (Phi) is 5.98. The van der Waals surface area contributed by atoms with Gasteiger partial charge in [-0.15, -0.1) is 0 Å². The van der Waals surface area contributed by atoms with Crippen molar-refractivity contribution in [3.8, 4) is 0 Å². The topological polar surface area (TPSA) is 105 Å². The average molecular weight is 299 g/mol. The first-order chi connectivity index (χ1) is 10.4. The Hall–Kier alpha value is -1.63. The number of primary amides is 1. The summed E-state index contributed by atoms with van der Waals surface area (Å²) in [7, 11) is -0.293. The molecule has 1 rings (SSSR count). The Labute approximate surface area is 127 Å². The maximum atomic E-state index is 12.5. The first-order valence-corrected chi connectivity index (χ1v) is 7.26. The summed E-state index contributed by atoms with van der Waals surface area (Å²) in [5.41, 5.74) is 5.03. The first kappa shape index (κ1) is 15.8. The molecule has 1 aliphatic rings. The summed E-state index contributed by atoms with van der Waals surface area (Å²) in [4.78, 5) is 36.9. The molecule has 3 amide bonds. The van der Waals surface area contributed by atoms with Gasteiger partial charge in [0.2, 0.25) is 17.7 Å². The number of hydrogen-bond donors (Lipinski definition) is 3. The van der Waals surface area contributed by atoms with E-state index in [1.54, 1.807) is 0 Å². The van der Waals surface area contributed by atoms with Crippen LogP contribution in [-0.2, 0) is 14.4 Å². The highest BCUT2D eigenvalue weighted by molar-refractivity contribution is 5.91. The zero-order valence-electron chi connectivity index (χ0n) is 13.7. The molecule has 0 spiro atoms. The molecule has 21 heavy (non-hydrogen) atoms. The van der Waals surface area contributed by atoms with Crippen LogP contribution in [0.1, 0.15) is 34.5 Å². The van der Waals surface area contributed by atoms with Crippen LogP contribution in [0, 0.1) is 5.92 Å². The number of nitrogens with two attached hydrogens (primary N) is 1. The molecule has 1 fully saturated rings. The van der Waals surface area contributed by atoms with E-state index >= 15 is 0 Å². The largest absolute Gasteiger partial charge is 0.368 e. The van der Waals surface area contributed by atoms with E-state index in [1.807, 2.05) is 13.8 Å². The summed E-state index contributed by atoms with van der Waals surface area (Å²) in [6, 6.07) is -1.09. The van der Waals surface area contributed by atoms with E-state index < -0.39 is 17.9 Å². The molecule has 7 heteroatoms. The summed E-state index contributed by atoms with van der Waals surface area (Å²) in [5.74, 6) is -1.14. The minimum atomic E-state index is -0.758.